The van der Waals surface area contributed by atoms with Crippen LogP contribution in [0, 0.1) is 0 Å². The average Bonchev–Trinajstić information content (AvgIpc) is 2.87. The van der Waals surface area contributed by atoms with E-state index in [1.807, 2.05) is 51.1 Å². The maximum atomic E-state index is 13.8. The molecular weight excluding hydrogens is 442 g/mol. The summed E-state index contributed by atoms with van der Waals surface area (Å²) in [6.45, 7) is 5.70. The molecule has 0 fully saturated rings. The van der Waals surface area contributed by atoms with Gasteiger partial charge in [0.1, 0.15) is 0 Å². The number of ketones is 1. The van der Waals surface area contributed by atoms with E-state index < -0.39 is 11.9 Å². The molecule has 1 heterocycles. The second-order valence-electron chi connectivity index (χ2n) is 9.13. The largest absolute Gasteiger partial charge is 0.493 e. The highest BCUT2D eigenvalue weighted by molar-refractivity contribution is 6.04. The molecule has 184 valence electrons. The minimum atomic E-state index is -0.614. The molecule has 2 aromatic carbocycles. The summed E-state index contributed by atoms with van der Waals surface area (Å²) < 4.78 is 17.0. The predicted octanol–water partition coefficient (Wildman–Crippen LogP) is 5.41. The van der Waals surface area contributed by atoms with Crippen molar-refractivity contribution in [1.82, 2.24) is 5.32 Å². The zero-order chi connectivity index (χ0) is 25.1. The number of para-hydroxylation sites is 1. The summed E-state index contributed by atoms with van der Waals surface area (Å²) in [5.41, 5.74) is 4.42. The van der Waals surface area contributed by atoms with Gasteiger partial charge in [-0.25, -0.2) is 4.79 Å². The third kappa shape index (κ3) is 4.70. The number of rotatable bonds is 7. The van der Waals surface area contributed by atoms with Crippen molar-refractivity contribution in [2.24, 2.45) is 0 Å². The number of dihydropyridines is 1. The van der Waals surface area contributed by atoms with E-state index in [0.29, 0.717) is 53.2 Å². The Balaban J connectivity index is 1.86. The third-order valence-electron chi connectivity index (χ3n) is 6.95. The number of hydrogen-bond acceptors (Lipinski definition) is 6. The number of hydrogen-bond donors (Lipinski definition) is 1. The van der Waals surface area contributed by atoms with Gasteiger partial charge in [-0.2, -0.15) is 0 Å². The number of carbonyl (C=O) groups excluding carboxylic acids is 2. The SMILES string of the molecule is CCC(C)OC(=O)C1=C(C)NC2=C(C(=O)CC(c3ccccc3)C2)C1c1cccc(OC)c1OC. The lowest BCUT2D eigenvalue weighted by molar-refractivity contribution is -0.144. The van der Waals surface area contributed by atoms with Gasteiger partial charge in [-0.15, -0.1) is 0 Å². The molecule has 1 N–H and O–H groups in total. The highest BCUT2D eigenvalue weighted by atomic mass is 16.5. The zero-order valence-electron chi connectivity index (χ0n) is 21.0. The molecule has 2 aromatic rings. The molecule has 3 unspecified atom stereocenters. The van der Waals surface area contributed by atoms with Crippen molar-refractivity contribution in [2.45, 2.75) is 58.0 Å². The van der Waals surface area contributed by atoms with Crippen LogP contribution in [0.2, 0.25) is 0 Å². The van der Waals surface area contributed by atoms with Crippen LogP contribution in [0.25, 0.3) is 0 Å². The molecule has 0 bridgehead atoms. The lowest BCUT2D eigenvalue weighted by Gasteiger charge is -2.37. The van der Waals surface area contributed by atoms with E-state index in [1.54, 1.807) is 20.3 Å². The van der Waals surface area contributed by atoms with Gasteiger partial charge in [0.15, 0.2) is 17.3 Å². The summed E-state index contributed by atoms with van der Waals surface area (Å²) >= 11 is 0. The van der Waals surface area contributed by atoms with Crippen LogP contribution in [0.3, 0.4) is 0 Å². The molecule has 35 heavy (non-hydrogen) atoms. The molecule has 2 aliphatic rings. The Morgan fingerprint density at radius 3 is 2.46 bits per heavy atom. The standard InChI is InChI=1S/C29H33NO5/c1-6-17(2)35-29(32)25-18(3)30-22-15-20(19-11-8-7-9-12-19)16-23(31)27(22)26(25)21-13-10-14-24(33-4)28(21)34-5/h7-14,17,20,26,30H,6,15-16H2,1-5H3. The Labute approximate surface area is 207 Å². The summed E-state index contributed by atoms with van der Waals surface area (Å²) in [4.78, 5) is 27.2. The Morgan fingerprint density at radius 2 is 1.80 bits per heavy atom. The van der Waals surface area contributed by atoms with E-state index in [1.165, 1.54) is 0 Å². The topological polar surface area (TPSA) is 73.9 Å². The molecule has 0 saturated carbocycles. The number of benzene rings is 2. The van der Waals surface area contributed by atoms with Crippen LogP contribution in [0.5, 0.6) is 11.5 Å². The van der Waals surface area contributed by atoms with Gasteiger partial charge in [0, 0.05) is 29.0 Å². The number of carbonyl (C=O) groups is 2. The van der Waals surface area contributed by atoms with Gasteiger partial charge >= 0.3 is 5.97 Å². The molecule has 1 aliphatic carbocycles. The van der Waals surface area contributed by atoms with E-state index in [4.69, 9.17) is 14.2 Å². The number of methoxy groups -OCH3 is 2. The molecule has 0 saturated heterocycles. The molecule has 0 amide bonds. The highest BCUT2D eigenvalue weighted by Gasteiger charge is 2.43. The van der Waals surface area contributed by atoms with Crippen molar-refractivity contribution in [1.29, 1.82) is 0 Å². The fourth-order valence-corrected chi connectivity index (χ4v) is 5.05. The van der Waals surface area contributed by atoms with Crippen LogP contribution in [-0.4, -0.2) is 32.1 Å². The van der Waals surface area contributed by atoms with Gasteiger partial charge in [0.05, 0.1) is 31.8 Å². The fraction of sp³-hybridized carbons (Fsp3) is 0.379. The van der Waals surface area contributed by atoms with Gasteiger partial charge < -0.3 is 19.5 Å². The van der Waals surface area contributed by atoms with Crippen LogP contribution in [0.1, 0.15) is 63.0 Å². The number of esters is 1. The van der Waals surface area contributed by atoms with Crippen LogP contribution < -0.4 is 14.8 Å². The first-order valence-electron chi connectivity index (χ1n) is 12.1. The lowest BCUT2D eigenvalue weighted by Crippen LogP contribution is -2.36. The second-order valence-corrected chi connectivity index (χ2v) is 9.13. The van der Waals surface area contributed by atoms with Crippen LogP contribution in [0.15, 0.2) is 71.1 Å². The number of ether oxygens (including phenoxy) is 3. The molecule has 6 nitrogen and oxygen atoms in total. The summed E-state index contributed by atoms with van der Waals surface area (Å²) in [6, 6.07) is 15.6. The van der Waals surface area contributed by atoms with E-state index in [2.05, 4.69) is 17.4 Å². The highest BCUT2D eigenvalue weighted by Crippen LogP contribution is 2.49. The molecule has 0 radical (unpaired) electrons. The van der Waals surface area contributed by atoms with Crippen molar-refractivity contribution in [3.63, 3.8) is 0 Å². The molecule has 1 aliphatic heterocycles. The van der Waals surface area contributed by atoms with Gasteiger partial charge in [0.25, 0.3) is 0 Å². The first kappa shape index (κ1) is 24.6. The number of Topliss-reactive ketones (excluding diaryl/α,β-unsaturated/α-hetero) is 1. The minimum absolute atomic E-state index is 0.0174. The minimum Gasteiger partial charge on any atom is -0.493 e. The smallest absolute Gasteiger partial charge is 0.337 e. The normalized spacial score (nSPS) is 20.7. The van der Waals surface area contributed by atoms with Gasteiger partial charge in [-0.3, -0.25) is 4.79 Å². The van der Waals surface area contributed by atoms with Gasteiger partial charge in [-0.1, -0.05) is 49.4 Å². The zero-order valence-corrected chi connectivity index (χ0v) is 21.0. The quantitative estimate of drug-likeness (QED) is 0.540. The molecule has 6 heteroatoms. The third-order valence-corrected chi connectivity index (χ3v) is 6.95. The fourth-order valence-electron chi connectivity index (χ4n) is 5.05. The van der Waals surface area contributed by atoms with Crippen molar-refractivity contribution in [3.05, 3.63) is 82.2 Å². The van der Waals surface area contributed by atoms with Crippen LogP contribution >= 0.6 is 0 Å². The Kier molecular flexibility index (Phi) is 7.29. The molecule has 4 rings (SSSR count). The average molecular weight is 476 g/mol. The summed E-state index contributed by atoms with van der Waals surface area (Å²) in [5.74, 6) is 0.102. The molecular formula is C29H33NO5. The Hall–Kier alpha value is -3.54. The summed E-state index contributed by atoms with van der Waals surface area (Å²) in [5, 5.41) is 3.40. The Bertz CT molecular complexity index is 1180. The van der Waals surface area contributed by atoms with Crippen molar-refractivity contribution < 1.29 is 23.8 Å². The second kappa shape index (κ2) is 10.4. The van der Waals surface area contributed by atoms with Crippen LogP contribution in [-0.2, 0) is 14.3 Å². The maximum absolute atomic E-state index is 13.8. The van der Waals surface area contributed by atoms with Gasteiger partial charge in [-0.05, 0) is 44.2 Å². The summed E-state index contributed by atoms with van der Waals surface area (Å²) in [6.07, 6.45) is 1.51. The van der Waals surface area contributed by atoms with E-state index in [0.717, 1.165) is 11.3 Å². The summed E-state index contributed by atoms with van der Waals surface area (Å²) in [7, 11) is 3.14. The first-order chi connectivity index (χ1) is 16.9. The van der Waals surface area contributed by atoms with Crippen molar-refractivity contribution >= 4 is 11.8 Å². The van der Waals surface area contributed by atoms with Gasteiger partial charge in [0.2, 0.25) is 0 Å². The van der Waals surface area contributed by atoms with Crippen LogP contribution in [0.4, 0.5) is 0 Å². The van der Waals surface area contributed by atoms with E-state index in [-0.39, 0.29) is 17.8 Å². The van der Waals surface area contributed by atoms with E-state index in [9.17, 15) is 9.59 Å². The lowest BCUT2D eigenvalue weighted by atomic mass is 9.71. The molecule has 0 aromatic heterocycles. The molecule has 0 spiro atoms. The van der Waals surface area contributed by atoms with E-state index >= 15 is 0 Å². The number of allylic oxidation sites excluding steroid dienone is 3. The first-order valence-corrected chi connectivity index (χ1v) is 12.1. The Morgan fingerprint density at radius 1 is 1.06 bits per heavy atom. The van der Waals surface area contributed by atoms with Crippen molar-refractivity contribution in [2.75, 3.05) is 14.2 Å². The number of nitrogens with one attached hydrogen (secondary N) is 1. The monoisotopic (exact) mass is 475 g/mol. The predicted molar refractivity (Wildman–Crippen MR) is 134 cm³/mol. The maximum Gasteiger partial charge on any atom is 0.337 e. The molecule has 3 atom stereocenters. The van der Waals surface area contributed by atoms with Crippen molar-refractivity contribution in [3.8, 4) is 11.5 Å².